The van der Waals surface area contributed by atoms with Crippen molar-refractivity contribution in [3.8, 4) is 11.3 Å². The second-order valence-electron chi connectivity index (χ2n) is 4.48. The summed E-state index contributed by atoms with van der Waals surface area (Å²) in [6.07, 6.45) is 0. The Labute approximate surface area is 126 Å². The number of hydrogen-bond acceptors (Lipinski definition) is 7. The summed E-state index contributed by atoms with van der Waals surface area (Å²) in [4.78, 5) is 8.56. The second kappa shape index (κ2) is 5.92. The van der Waals surface area contributed by atoms with E-state index in [1.54, 1.807) is 0 Å². The van der Waals surface area contributed by atoms with Crippen molar-refractivity contribution in [2.24, 2.45) is 4.99 Å². The number of hydrogen-bond donors (Lipinski definition) is 3. The average molecular weight is 304 g/mol. The SMILES string of the molecule is Cc1nc(NNC2=NCCN2)nnc1-c1ccc(Cl)cc1. The first-order valence-electron chi connectivity index (χ1n) is 6.50. The Balaban J connectivity index is 1.74. The Bertz CT molecular complexity index is 669. The smallest absolute Gasteiger partial charge is 0.261 e. The number of guanidine groups is 1. The first-order chi connectivity index (χ1) is 10.2. The highest BCUT2D eigenvalue weighted by atomic mass is 35.5. The van der Waals surface area contributed by atoms with Crippen LogP contribution in [0.25, 0.3) is 11.3 Å². The lowest BCUT2D eigenvalue weighted by molar-refractivity contribution is 0.897. The standard InChI is InChI=1S/C13H14ClN7/c1-8-11(9-2-4-10(14)5-3-9)18-20-13(17-8)21-19-12-15-6-7-16-12/h2-5H,6-7H2,1H3,(H2,15,16,19)(H,17,20,21). The fourth-order valence-electron chi connectivity index (χ4n) is 1.93. The van der Waals surface area contributed by atoms with Crippen molar-refractivity contribution < 1.29 is 0 Å². The van der Waals surface area contributed by atoms with E-state index in [1.807, 2.05) is 31.2 Å². The first kappa shape index (κ1) is 13.6. The topological polar surface area (TPSA) is 87.1 Å². The molecule has 3 N–H and O–H groups in total. The van der Waals surface area contributed by atoms with E-state index in [1.165, 1.54) is 0 Å². The lowest BCUT2D eigenvalue weighted by Crippen LogP contribution is -2.38. The molecule has 7 nitrogen and oxygen atoms in total. The summed E-state index contributed by atoms with van der Waals surface area (Å²) in [5.41, 5.74) is 8.20. The summed E-state index contributed by atoms with van der Waals surface area (Å²) in [6.45, 7) is 3.48. The first-order valence-corrected chi connectivity index (χ1v) is 6.88. The zero-order chi connectivity index (χ0) is 14.7. The Morgan fingerprint density at radius 2 is 1.95 bits per heavy atom. The number of halogens is 1. The molecule has 0 saturated heterocycles. The van der Waals surface area contributed by atoms with Crippen LogP contribution in [0.5, 0.6) is 0 Å². The van der Waals surface area contributed by atoms with Crippen molar-refractivity contribution in [2.75, 3.05) is 18.5 Å². The molecule has 3 rings (SSSR count). The van der Waals surface area contributed by atoms with Crippen LogP contribution in [-0.4, -0.2) is 34.2 Å². The summed E-state index contributed by atoms with van der Waals surface area (Å²) in [5, 5.41) is 12.0. The highest BCUT2D eigenvalue weighted by Gasteiger charge is 2.09. The fourth-order valence-corrected chi connectivity index (χ4v) is 2.05. The Morgan fingerprint density at radius 3 is 2.62 bits per heavy atom. The van der Waals surface area contributed by atoms with Gasteiger partial charge >= 0.3 is 0 Å². The molecule has 0 amide bonds. The van der Waals surface area contributed by atoms with E-state index in [-0.39, 0.29) is 0 Å². The minimum absolute atomic E-state index is 0.390. The molecule has 0 radical (unpaired) electrons. The Hall–Kier alpha value is -2.41. The van der Waals surface area contributed by atoms with Gasteiger partial charge in [0.25, 0.3) is 5.95 Å². The Morgan fingerprint density at radius 1 is 1.14 bits per heavy atom. The molecule has 1 aliphatic rings. The molecule has 1 aromatic carbocycles. The van der Waals surface area contributed by atoms with Crippen LogP contribution in [0, 0.1) is 6.92 Å². The molecule has 0 saturated carbocycles. The maximum atomic E-state index is 5.88. The van der Waals surface area contributed by atoms with Crippen LogP contribution in [0.4, 0.5) is 5.95 Å². The largest absolute Gasteiger partial charge is 0.353 e. The number of anilines is 1. The normalized spacial score (nSPS) is 13.5. The molecule has 1 aliphatic heterocycles. The van der Waals surface area contributed by atoms with Gasteiger partial charge in [-0.25, -0.2) is 4.98 Å². The molecule has 8 heteroatoms. The van der Waals surface area contributed by atoms with Crippen LogP contribution >= 0.6 is 11.6 Å². The molecule has 108 valence electrons. The molecule has 2 aromatic rings. The molecule has 2 heterocycles. The third-order valence-corrected chi connectivity index (χ3v) is 3.20. The van der Waals surface area contributed by atoms with E-state index in [4.69, 9.17) is 11.6 Å². The van der Waals surface area contributed by atoms with Gasteiger partial charge in [0, 0.05) is 17.1 Å². The summed E-state index contributed by atoms with van der Waals surface area (Å²) in [7, 11) is 0. The third kappa shape index (κ3) is 3.19. The van der Waals surface area contributed by atoms with Crippen LogP contribution in [0.15, 0.2) is 29.3 Å². The van der Waals surface area contributed by atoms with E-state index in [0.29, 0.717) is 16.9 Å². The van der Waals surface area contributed by atoms with E-state index in [2.05, 4.69) is 36.3 Å². The summed E-state index contributed by atoms with van der Waals surface area (Å²) >= 11 is 5.88. The van der Waals surface area contributed by atoms with Crippen LogP contribution in [-0.2, 0) is 0 Å². The van der Waals surface area contributed by atoms with E-state index >= 15 is 0 Å². The zero-order valence-electron chi connectivity index (χ0n) is 11.4. The maximum absolute atomic E-state index is 5.88. The van der Waals surface area contributed by atoms with Gasteiger partial charge in [-0.15, -0.1) is 10.2 Å². The molecule has 0 bridgehead atoms. The number of aromatic nitrogens is 3. The van der Waals surface area contributed by atoms with Crippen molar-refractivity contribution in [3.05, 3.63) is 35.0 Å². The van der Waals surface area contributed by atoms with E-state index < -0.39 is 0 Å². The minimum atomic E-state index is 0.390. The molecule has 0 atom stereocenters. The zero-order valence-corrected chi connectivity index (χ0v) is 12.1. The number of rotatable bonds is 3. The molecule has 21 heavy (non-hydrogen) atoms. The molecular formula is C13H14ClN7. The van der Waals surface area contributed by atoms with Crippen molar-refractivity contribution in [2.45, 2.75) is 6.92 Å². The average Bonchev–Trinajstić information content (AvgIpc) is 3.00. The van der Waals surface area contributed by atoms with E-state index in [9.17, 15) is 0 Å². The van der Waals surface area contributed by atoms with Crippen molar-refractivity contribution >= 4 is 23.5 Å². The molecule has 0 unspecified atom stereocenters. The number of nitrogens with zero attached hydrogens (tertiary/aromatic N) is 4. The van der Waals surface area contributed by atoms with Crippen molar-refractivity contribution in [1.29, 1.82) is 0 Å². The third-order valence-electron chi connectivity index (χ3n) is 2.95. The molecule has 0 fully saturated rings. The van der Waals surface area contributed by atoms with Gasteiger partial charge in [0.2, 0.25) is 5.96 Å². The second-order valence-corrected chi connectivity index (χ2v) is 4.92. The van der Waals surface area contributed by atoms with Gasteiger partial charge in [0.1, 0.15) is 5.69 Å². The van der Waals surface area contributed by atoms with E-state index in [0.717, 1.165) is 30.0 Å². The predicted molar refractivity (Wildman–Crippen MR) is 82.1 cm³/mol. The quantitative estimate of drug-likeness (QED) is 0.743. The minimum Gasteiger partial charge on any atom is -0.353 e. The van der Waals surface area contributed by atoms with Gasteiger partial charge in [-0.1, -0.05) is 23.7 Å². The molecule has 1 aromatic heterocycles. The Kier molecular flexibility index (Phi) is 3.83. The fraction of sp³-hybridized carbons (Fsp3) is 0.231. The monoisotopic (exact) mass is 303 g/mol. The van der Waals surface area contributed by atoms with Gasteiger partial charge in [0.15, 0.2) is 0 Å². The van der Waals surface area contributed by atoms with Crippen molar-refractivity contribution in [1.82, 2.24) is 25.9 Å². The molecular weight excluding hydrogens is 290 g/mol. The van der Waals surface area contributed by atoms with Crippen molar-refractivity contribution in [3.63, 3.8) is 0 Å². The number of benzene rings is 1. The lowest BCUT2D eigenvalue weighted by Gasteiger charge is -2.09. The number of aliphatic imine (C=N–C) groups is 1. The van der Waals surface area contributed by atoms with Gasteiger partial charge in [-0.05, 0) is 19.1 Å². The van der Waals surface area contributed by atoms with Gasteiger partial charge in [0.05, 0.1) is 12.2 Å². The van der Waals surface area contributed by atoms with Gasteiger partial charge in [-0.3, -0.25) is 15.8 Å². The number of aryl methyl sites for hydroxylation is 1. The van der Waals surface area contributed by atoms with Crippen LogP contribution in [0.3, 0.4) is 0 Å². The van der Waals surface area contributed by atoms with Crippen LogP contribution in [0.2, 0.25) is 5.02 Å². The summed E-state index contributed by atoms with van der Waals surface area (Å²) in [6, 6.07) is 7.42. The van der Waals surface area contributed by atoms with Gasteiger partial charge in [-0.2, -0.15) is 0 Å². The lowest BCUT2D eigenvalue weighted by atomic mass is 10.1. The molecule has 0 aliphatic carbocycles. The highest BCUT2D eigenvalue weighted by Crippen LogP contribution is 2.21. The molecule has 0 spiro atoms. The van der Waals surface area contributed by atoms with Crippen LogP contribution in [0.1, 0.15) is 5.69 Å². The highest BCUT2D eigenvalue weighted by molar-refractivity contribution is 6.30. The number of nitrogens with one attached hydrogen (secondary N) is 3. The predicted octanol–water partition coefficient (Wildman–Crippen LogP) is 1.38. The maximum Gasteiger partial charge on any atom is 0.261 e. The summed E-state index contributed by atoms with van der Waals surface area (Å²) < 4.78 is 0. The van der Waals surface area contributed by atoms with Gasteiger partial charge < -0.3 is 5.32 Å². The summed E-state index contributed by atoms with van der Waals surface area (Å²) in [5.74, 6) is 1.07. The van der Waals surface area contributed by atoms with Crippen LogP contribution < -0.4 is 16.2 Å². The number of hydrazine groups is 1.